The lowest BCUT2D eigenvalue weighted by molar-refractivity contribution is 0.395. The van der Waals surface area contributed by atoms with Gasteiger partial charge in [-0.15, -0.1) is 0 Å². The monoisotopic (exact) mass is 394 g/mol. The minimum absolute atomic E-state index is 0.0104. The molecule has 0 atom stereocenters. The largest absolute Gasteiger partial charge is 0.284 e. The molecular weight excluding hydrogens is 372 g/mol. The van der Waals surface area contributed by atoms with Crippen molar-refractivity contribution in [1.29, 1.82) is 0 Å². The quantitative estimate of drug-likeness (QED) is 0.812. The van der Waals surface area contributed by atoms with E-state index >= 15 is 0 Å². The van der Waals surface area contributed by atoms with E-state index in [1.165, 1.54) is 10.6 Å². The van der Waals surface area contributed by atoms with Gasteiger partial charge in [-0.3, -0.25) is 4.72 Å². The van der Waals surface area contributed by atoms with Crippen LogP contribution in [-0.4, -0.2) is 39.7 Å². The predicted octanol–water partition coefficient (Wildman–Crippen LogP) is 1.99. The van der Waals surface area contributed by atoms with Gasteiger partial charge in [0.15, 0.2) is 0 Å². The first-order valence-corrected chi connectivity index (χ1v) is 11.8. The maximum atomic E-state index is 12.3. The number of hydrogen-bond acceptors (Lipinski definition) is 4. The van der Waals surface area contributed by atoms with Gasteiger partial charge in [0, 0.05) is 18.8 Å². The standard InChI is InChI=1S/C18H22N2O4S2/c1-25(21,22)20-11-9-16-7-8-18(13-17(16)14-20)19-26(23,24)12-10-15-5-3-2-4-6-15/h2-8,13,19H,9-12,14H2,1H3. The minimum Gasteiger partial charge on any atom is -0.284 e. The summed E-state index contributed by atoms with van der Waals surface area (Å²) in [5.74, 6) is -0.0104. The molecule has 0 bridgehead atoms. The van der Waals surface area contributed by atoms with E-state index in [9.17, 15) is 16.8 Å². The molecular formula is C18H22N2O4S2. The molecule has 0 fully saturated rings. The van der Waals surface area contributed by atoms with E-state index in [4.69, 9.17) is 0 Å². The Morgan fingerprint density at radius 1 is 1.00 bits per heavy atom. The Hall–Kier alpha value is -1.90. The van der Waals surface area contributed by atoms with Crippen molar-refractivity contribution in [3.63, 3.8) is 0 Å². The maximum absolute atomic E-state index is 12.3. The van der Waals surface area contributed by atoms with Crippen LogP contribution in [0.4, 0.5) is 5.69 Å². The summed E-state index contributed by atoms with van der Waals surface area (Å²) in [4.78, 5) is 0. The van der Waals surface area contributed by atoms with Crippen molar-refractivity contribution in [3.8, 4) is 0 Å². The van der Waals surface area contributed by atoms with Crippen molar-refractivity contribution in [3.05, 3.63) is 65.2 Å². The van der Waals surface area contributed by atoms with Gasteiger partial charge in [0.05, 0.1) is 12.0 Å². The van der Waals surface area contributed by atoms with Gasteiger partial charge in [-0.05, 0) is 41.7 Å². The average Bonchev–Trinajstić information content (AvgIpc) is 2.59. The number of aryl methyl sites for hydroxylation is 1. The second kappa shape index (κ2) is 7.38. The molecule has 6 nitrogen and oxygen atoms in total. The molecule has 1 heterocycles. The van der Waals surface area contributed by atoms with Crippen LogP contribution in [0.15, 0.2) is 48.5 Å². The number of benzene rings is 2. The molecule has 0 spiro atoms. The Labute approximate surface area is 155 Å². The molecule has 0 saturated carbocycles. The lowest BCUT2D eigenvalue weighted by Crippen LogP contribution is -2.35. The molecule has 26 heavy (non-hydrogen) atoms. The first-order valence-electron chi connectivity index (χ1n) is 8.34. The Kier molecular flexibility index (Phi) is 5.36. The normalized spacial score (nSPS) is 15.4. The van der Waals surface area contributed by atoms with Crippen LogP contribution in [0.25, 0.3) is 0 Å². The third-order valence-corrected chi connectivity index (χ3v) is 6.97. The molecule has 0 unspecified atom stereocenters. The molecule has 2 aromatic carbocycles. The fraction of sp³-hybridized carbons (Fsp3) is 0.333. The summed E-state index contributed by atoms with van der Waals surface area (Å²) in [6, 6.07) is 14.8. The molecule has 140 valence electrons. The molecule has 0 aliphatic carbocycles. The Morgan fingerprint density at radius 2 is 1.73 bits per heavy atom. The summed E-state index contributed by atoms with van der Waals surface area (Å²) in [7, 11) is -6.74. The van der Waals surface area contributed by atoms with Gasteiger partial charge in [0.2, 0.25) is 20.0 Å². The van der Waals surface area contributed by atoms with E-state index < -0.39 is 20.0 Å². The van der Waals surface area contributed by atoms with Crippen LogP contribution >= 0.6 is 0 Å². The zero-order valence-corrected chi connectivity index (χ0v) is 16.2. The highest BCUT2D eigenvalue weighted by Crippen LogP contribution is 2.24. The topological polar surface area (TPSA) is 83.6 Å². The number of hydrogen-bond donors (Lipinski definition) is 1. The molecule has 3 rings (SSSR count). The fourth-order valence-electron chi connectivity index (χ4n) is 3.01. The molecule has 8 heteroatoms. The molecule has 1 N–H and O–H groups in total. The van der Waals surface area contributed by atoms with Crippen LogP contribution in [0.1, 0.15) is 16.7 Å². The number of rotatable bonds is 6. The summed E-state index contributed by atoms with van der Waals surface area (Å²) in [5, 5.41) is 0. The van der Waals surface area contributed by atoms with Crippen molar-refractivity contribution < 1.29 is 16.8 Å². The summed E-state index contributed by atoms with van der Waals surface area (Å²) < 4.78 is 52.2. The Bertz CT molecular complexity index is 987. The molecule has 0 amide bonds. The predicted molar refractivity (Wildman–Crippen MR) is 103 cm³/mol. The van der Waals surface area contributed by atoms with Crippen LogP contribution in [-0.2, 0) is 39.4 Å². The first-order chi connectivity index (χ1) is 12.2. The van der Waals surface area contributed by atoms with Crippen LogP contribution < -0.4 is 4.72 Å². The van der Waals surface area contributed by atoms with Crippen molar-refractivity contribution >= 4 is 25.7 Å². The van der Waals surface area contributed by atoms with Crippen LogP contribution in [0, 0.1) is 0 Å². The number of nitrogens with zero attached hydrogens (tertiary/aromatic N) is 1. The lowest BCUT2D eigenvalue weighted by atomic mass is 10.0. The molecule has 0 aromatic heterocycles. The van der Waals surface area contributed by atoms with Gasteiger partial charge >= 0.3 is 0 Å². The SMILES string of the molecule is CS(=O)(=O)N1CCc2ccc(NS(=O)(=O)CCc3ccccc3)cc2C1. The number of anilines is 1. The van der Waals surface area contributed by atoms with Crippen molar-refractivity contribution in [2.45, 2.75) is 19.4 Å². The molecule has 1 aliphatic rings. The number of sulfonamides is 2. The van der Waals surface area contributed by atoms with Gasteiger partial charge in [0.1, 0.15) is 0 Å². The first kappa shape index (κ1) is 18.9. The zero-order valence-electron chi connectivity index (χ0n) is 14.6. The molecule has 1 aliphatic heterocycles. The lowest BCUT2D eigenvalue weighted by Gasteiger charge is -2.27. The average molecular weight is 395 g/mol. The van der Waals surface area contributed by atoms with E-state index in [1.54, 1.807) is 12.1 Å². The van der Waals surface area contributed by atoms with E-state index in [-0.39, 0.29) is 12.3 Å². The van der Waals surface area contributed by atoms with E-state index in [0.29, 0.717) is 25.1 Å². The van der Waals surface area contributed by atoms with Gasteiger partial charge in [-0.2, -0.15) is 4.31 Å². The van der Waals surface area contributed by atoms with Crippen molar-refractivity contribution in [2.24, 2.45) is 0 Å². The highest BCUT2D eigenvalue weighted by atomic mass is 32.2. The van der Waals surface area contributed by atoms with Crippen molar-refractivity contribution in [2.75, 3.05) is 23.3 Å². The summed E-state index contributed by atoms with van der Waals surface area (Å²) in [6.45, 7) is 0.724. The summed E-state index contributed by atoms with van der Waals surface area (Å²) >= 11 is 0. The van der Waals surface area contributed by atoms with E-state index in [1.807, 2.05) is 36.4 Å². The minimum atomic E-state index is -3.48. The second-order valence-corrected chi connectivity index (χ2v) is 10.3. The molecule has 2 aromatic rings. The Balaban J connectivity index is 1.70. The third-order valence-electron chi connectivity index (χ3n) is 4.43. The molecule has 0 saturated heterocycles. The maximum Gasteiger partial charge on any atom is 0.233 e. The smallest absolute Gasteiger partial charge is 0.233 e. The summed E-state index contributed by atoms with van der Waals surface area (Å²) in [6.07, 6.45) is 2.25. The highest BCUT2D eigenvalue weighted by molar-refractivity contribution is 7.92. The van der Waals surface area contributed by atoms with Crippen molar-refractivity contribution in [1.82, 2.24) is 4.31 Å². The second-order valence-electron chi connectivity index (χ2n) is 6.49. The molecule has 0 radical (unpaired) electrons. The fourth-order valence-corrected chi connectivity index (χ4v) is 4.89. The third kappa shape index (κ3) is 4.84. The van der Waals surface area contributed by atoms with Gasteiger partial charge in [-0.25, -0.2) is 16.8 Å². The van der Waals surface area contributed by atoms with Gasteiger partial charge < -0.3 is 0 Å². The van der Waals surface area contributed by atoms with Crippen LogP contribution in [0.3, 0.4) is 0 Å². The van der Waals surface area contributed by atoms with Gasteiger partial charge in [-0.1, -0.05) is 36.4 Å². The number of fused-ring (bicyclic) bond motifs is 1. The van der Waals surface area contributed by atoms with Crippen LogP contribution in [0.2, 0.25) is 0 Å². The van der Waals surface area contributed by atoms with E-state index in [2.05, 4.69) is 4.72 Å². The van der Waals surface area contributed by atoms with E-state index in [0.717, 1.165) is 16.7 Å². The van der Waals surface area contributed by atoms with Gasteiger partial charge in [0.25, 0.3) is 0 Å². The summed E-state index contributed by atoms with van der Waals surface area (Å²) in [5.41, 5.74) is 3.32. The highest BCUT2D eigenvalue weighted by Gasteiger charge is 2.23. The zero-order chi connectivity index (χ0) is 18.8. The van der Waals surface area contributed by atoms with Crippen LogP contribution in [0.5, 0.6) is 0 Å². The Morgan fingerprint density at radius 3 is 2.42 bits per heavy atom. The number of nitrogens with one attached hydrogen (secondary N) is 1.